The van der Waals surface area contributed by atoms with Gasteiger partial charge in [0.1, 0.15) is 0 Å². The third-order valence-corrected chi connectivity index (χ3v) is 2.15. The van der Waals surface area contributed by atoms with Crippen molar-refractivity contribution in [1.29, 1.82) is 0 Å². The van der Waals surface area contributed by atoms with Crippen molar-refractivity contribution in [2.24, 2.45) is 0 Å². The number of rotatable bonds is 2. The molecule has 60 valence electrons. The van der Waals surface area contributed by atoms with Crippen LogP contribution >= 0.6 is 8.03 Å². The van der Waals surface area contributed by atoms with E-state index in [0.29, 0.717) is 5.56 Å². The molecule has 11 heavy (non-hydrogen) atoms. The minimum absolute atomic E-state index is 0. The van der Waals surface area contributed by atoms with Crippen LogP contribution in [-0.4, -0.2) is 10.00 Å². The minimum Gasteiger partial charge on any atom is -0.378 e. The molecule has 0 fully saturated rings. The largest absolute Gasteiger partial charge is 1.00 e. The van der Waals surface area contributed by atoms with Gasteiger partial charge in [-0.15, -0.1) is 0 Å². The van der Waals surface area contributed by atoms with Gasteiger partial charge in [-0.2, -0.15) is 0 Å². The fraction of sp³-hybridized carbons (Fsp3) is 0.143. The second-order valence-corrected chi connectivity index (χ2v) is 3.37. The van der Waals surface area contributed by atoms with Crippen LogP contribution in [0.1, 0.15) is 14.3 Å². The van der Waals surface area contributed by atoms with E-state index in [2.05, 4.69) is 0 Å². The molecule has 0 radical (unpaired) electrons. The predicted octanol–water partition coefficient (Wildman–Crippen LogP) is 1.37. The van der Waals surface area contributed by atoms with Gasteiger partial charge in [-0.3, -0.25) is 4.57 Å². The number of benzene rings is 1. The van der Waals surface area contributed by atoms with Gasteiger partial charge in [-0.1, -0.05) is 30.3 Å². The lowest BCUT2D eigenvalue weighted by Crippen LogP contribution is -1.89. The van der Waals surface area contributed by atoms with Crippen molar-refractivity contribution in [2.75, 3.05) is 0 Å². The second-order valence-electron chi connectivity index (χ2n) is 2.15. The highest BCUT2D eigenvalue weighted by atomic mass is 31.1. The van der Waals surface area contributed by atoms with Gasteiger partial charge in [0.2, 0.25) is 8.03 Å². The second kappa shape index (κ2) is 3.67. The van der Waals surface area contributed by atoms with Crippen LogP contribution < -0.4 is 0 Å². The van der Waals surface area contributed by atoms with E-state index >= 15 is 0 Å². The summed E-state index contributed by atoms with van der Waals surface area (Å²) in [4.78, 5) is 8.57. The maximum absolute atomic E-state index is 10.4. The topological polar surface area (TPSA) is 57.5 Å². The van der Waals surface area contributed by atoms with Gasteiger partial charge in [0.05, 0.1) is 0 Å². The number of hydrogen-bond donors (Lipinski definition) is 2. The summed E-state index contributed by atoms with van der Waals surface area (Å²) in [5.74, 6) is -1.22. The SMILES string of the molecule is O=[PH](O)C(O)c1ccccc1.[H+].[H+]. The third kappa shape index (κ3) is 2.15. The summed E-state index contributed by atoms with van der Waals surface area (Å²) in [6.45, 7) is 0. The number of aliphatic hydroxyl groups excluding tert-OH is 1. The molecule has 4 heteroatoms. The Kier molecular flexibility index (Phi) is 2.83. The molecule has 0 bridgehead atoms. The normalized spacial score (nSPS) is 15.8. The maximum Gasteiger partial charge on any atom is 1.00 e. The molecule has 1 rings (SSSR count). The third-order valence-electron chi connectivity index (χ3n) is 1.35. The Morgan fingerprint density at radius 1 is 1.36 bits per heavy atom. The van der Waals surface area contributed by atoms with E-state index in [1.807, 2.05) is 0 Å². The van der Waals surface area contributed by atoms with Crippen LogP contribution in [0.3, 0.4) is 0 Å². The molecule has 2 atom stereocenters. The molecule has 2 N–H and O–H groups in total. The first-order chi connectivity index (χ1) is 5.22. The average Bonchev–Trinajstić information content (AvgIpc) is 2.05. The van der Waals surface area contributed by atoms with Gasteiger partial charge in [0.25, 0.3) is 0 Å². The maximum atomic E-state index is 10.4. The van der Waals surface area contributed by atoms with Crippen molar-refractivity contribution < 1.29 is 17.4 Å². The van der Waals surface area contributed by atoms with Crippen LogP contribution in [-0.2, 0) is 4.57 Å². The molecule has 0 saturated heterocycles. The first-order valence-electron chi connectivity index (χ1n) is 3.17. The molecule has 1 aromatic carbocycles. The van der Waals surface area contributed by atoms with E-state index in [0.717, 1.165) is 0 Å². The number of aliphatic hydroxyl groups is 1. The minimum atomic E-state index is -2.86. The summed E-state index contributed by atoms with van der Waals surface area (Å²) in [5, 5.41) is 9.08. The Bertz CT molecular complexity index is 255. The van der Waals surface area contributed by atoms with Crippen molar-refractivity contribution >= 4 is 8.03 Å². The summed E-state index contributed by atoms with van der Waals surface area (Å²) in [6, 6.07) is 8.43. The Morgan fingerprint density at radius 2 is 1.91 bits per heavy atom. The van der Waals surface area contributed by atoms with Gasteiger partial charge >= 0.3 is 2.85 Å². The van der Waals surface area contributed by atoms with Crippen molar-refractivity contribution in [3.63, 3.8) is 0 Å². The average molecular weight is 174 g/mol. The molecule has 0 aromatic heterocycles. The van der Waals surface area contributed by atoms with E-state index in [4.69, 9.17) is 10.00 Å². The first-order valence-corrected chi connectivity index (χ1v) is 4.61. The van der Waals surface area contributed by atoms with E-state index < -0.39 is 13.9 Å². The predicted molar refractivity (Wildman–Crippen MR) is 44.8 cm³/mol. The van der Waals surface area contributed by atoms with Crippen LogP contribution in [0.15, 0.2) is 30.3 Å². The molecule has 2 unspecified atom stereocenters. The number of hydrogen-bond acceptors (Lipinski definition) is 2. The van der Waals surface area contributed by atoms with Gasteiger partial charge in [-0.25, -0.2) is 0 Å². The zero-order valence-corrected chi connectivity index (χ0v) is 6.77. The standard InChI is InChI=1S/C7H9O3P/c8-7(11(9)10)6-4-2-1-3-5-6/h1-5,7-8,11H,(H,9,10)/p+2. The van der Waals surface area contributed by atoms with E-state index in [1.165, 1.54) is 0 Å². The fourth-order valence-electron chi connectivity index (χ4n) is 0.778. The van der Waals surface area contributed by atoms with Gasteiger partial charge in [0, 0.05) is 0 Å². The molecule has 0 aliphatic rings. The lowest BCUT2D eigenvalue weighted by molar-refractivity contribution is 0.243. The van der Waals surface area contributed by atoms with Crippen LogP contribution in [0, 0.1) is 0 Å². The Labute approximate surface area is 68.1 Å². The van der Waals surface area contributed by atoms with Crippen molar-refractivity contribution in [2.45, 2.75) is 5.85 Å². The smallest absolute Gasteiger partial charge is 0.378 e. The van der Waals surface area contributed by atoms with Crippen LogP contribution in [0.5, 0.6) is 0 Å². The molecule has 0 aliphatic heterocycles. The molecule has 0 amide bonds. The monoisotopic (exact) mass is 174 g/mol. The van der Waals surface area contributed by atoms with Crippen molar-refractivity contribution in [1.82, 2.24) is 0 Å². The summed E-state index contributed by atoms with van der Waals surface area (Å²) >= 11 is 0. The highest BCUT2D eigenvalue weighted by molar-refractivity contribution is 7.38. The molecule has 0 heterocycles. The molecular formula is C7H11O3P+2. The van der Waals surface area contributed by atoms with E-state index in [9.17, 15) is 4.57 Å². The quantitative estimate of drug-likeness (QED) is 0.665. The molecule has 3 nitrogen and oxygen atoms in total. The Hall–Kier alpha value is -0.630. The van der Waals surface area contributed by atoms with Gasteiger partial charge in [-0.05, 0) is 5.56 Å². The molecule has 0 aliphatic carbocycles. The van der Waals surface area contributed by atoms with Crippen LogP contribution in [0.4, 0.5) is 0 Å². The summed E-state index contributed by atoms with van der Waals surface area (Å²) in [7, 11) is -2.86. The molecule has 0 saturated carbocycles. The fourth-order valence-corrected chi connectivity index (χ4v) is 1.26. The molecule has 1 aromatic rings. The van der Waals surface area contributed by atoms with Crippen LogP contribution in [0.2, 0.25) is 0 Å². The lowest BCUT2D eigenvalue weighted by Gasteiger charge is -2.04. The van der Waals surface area contributed by atoms with Crippen LogP contribution in [0.25, 0.3) is 0 Å². The van der Waals surface area contributed by atoms with Gasteiger partial charge in [0.15, 0.2) is 5.85 Å². The zero-order valence-electron chi connectivity index (χ0n) is 7.77. The van der Waals surface area contributed by atoms with Crippen molar-refractivity contribution in [3.8, 4) is 0 Å². The highest BCUT2D eigenvalue weighted by Crippen LogP contribution is 2.34. The Balaban J connectivity index is 0. The Morgan fingerprint density at radius 3 is 2.36 bits per heavy atom. The van der Waals surface area contributed by atoms with E-state index in [1.54, 1.807) is 30.3 Å². The summed E-state index contributed by atoms with van der Waals surface area (Å²) in [5.41, 5.74) is 0.485. The molecule has 0 spiro atoms. The van der Waals surface area contributed by atoms with E-state index in [-0.39, 0.29) is 2.85 Å². The summed E-state index contributed by atoms with van der Waals surface area (Å²) < 4.78 is 10.4. The summed E-state index contributed by atoms with van der Waals surface area (Å²) in [6.07, 6.45) is 0. The molecular weight excluding hydrogens is 163 g/mol. The zero-order chi connectivity index (χ0) is 8.27. The lowest BCUT2D eigenvalue weighted by atomic mass is 10.2. The van der Waals surface area contributed by atoms with Crippen molar-refractivity contribution in [3.05, 3.63) is 35.9 Å². The first kappa shape index (κ1) is 8.47. The highest BCUT2D eigenvalue weighted by Gasteiger charge is 2.10. The van der Waals surface area contributed by atoms with Gasteiger partial charge < -0.3 is 10.00 Å².